The number of ketones is 1. The van der Waals surface area contributed by atoms with E-state index in [-0.39, 0.29) is 5.78 Å². The first-order valence-electron chi connectivity index (χ1n) is 9.85. The van der Waals surface area contributed by atoms with E-state index in [0.717, 1.165) is 5.56 Å². The molecule has 0 spiro atoms. The predicted octanol–water partition coefficient (Wildman–Crippen LogP) is 3.95. The van der Waals surface area contributed by atoms with Crippen LogP contribution in [0, 0.1) is 0 Å². The Morgan fingerprint density at radius 1 is 0.806 bits per heavy atom. The number of hydrogen-bond acceptors (Lipinski definition) is 5. The molecule has 0 aliphatic heterocycles. The van der Waals surface area contributed by atoms with Crippen molar-refractivity contribution in [2.24, 2.45) is 0 Å². The summed E-state index contributed by atoms with van der Waals surface area (Å²) in [5, 5.41) is 2.62. The smallest absolute Gasteiger partial charge is 0.338 e. The summed E-state index contributed by atoms with van der Waals surface area (Å²) in [7, 11) is 0. The average molecular weight is 417 g/mol. The fourth-order valence-corrected chi connectivity index (χ4v) is 2.88. The number of rotatable bonds is 9. The van der Waals surface area contributed by atoms with Crippen LogP contribution in [0.1, 0.15) is 22.8 Å². The molecule has 1 N–H and O–H groups in total. The van der Waals surface area contributed by atoms with E-state index in [4.69, 9.17) is 9.47 Å². The second-order valence-corrected chi connectivity index (χ2v) is 6.94. The second-order valence-electron chi connectivity index (χ2n) is 6.94. The SMILES string of the molecule is CC(=O)[C@H](Cc1ccccc1)NC(=O)COC(=O)c1ccc(Oc2ccccc2)cc1. The van der Waals surface area contributed by atoms with E-state index in [2.05, 4.69) is 5.32 Å². The van der Waals surface area contributed by atoms with Crippen LogP contribution >= 0.6 is 0 Å². The lowest BCUT2D eigenvalue weighted by molar-refractivity contribution is -0.128. The number of Topliss-reactive ketones (excluding diaryl/α,β-unsaturated/α-hetero) is 1. The Labute approximate surface area is 180 Å². The van der Waals surface area contributed by atoms with Gasteiger partial charge in [0.25, 0.3) is 5.91 Å². The summed E-state index contributed by atoms with van der Waals surface area (Å²) in [6.45, 7) is 0.943. The Bertz CT molecular complexity index is 1020. The molecule has 0 saturated carbocycles. The average Bonchev–Trinajstić information content (AvgIpc) is 2.79. The van der Waals surface area contributed by atoms with Crippen molar-refractivity contribution in [3.05, 3.63) is 96.1 Å². The number of esters is 1. The normalized spacial score (nSPS) is 11.3. The molecule has 1 amide bonds. The summed E-state index contributed by atoms with van der Waals surface area (Å²) < 4.78 is 10.8. The molecule has 0 saturated heterocycles. The van der Waals surface area contributed by atoms with Crippen LogP contribution in [0.4, 0.5) is 0 Å². The van der Waals surface area contributed by atoms with Crippen molar-refractivity contribution in [1.29, 1.82) is 0 Å². The number of carbonyl (C=O) groups is 3. The topological polar surface area (TPSA) is 81.7 Å². The van der Waals surface area contributed by atoms with Gasteiger partial charge in [0.2, 0.25) is 0 Å². The molecule has 0 heterocycles. The van der Waals surface area contributed by atoms with Gasteiger partial charge in [-0.05, 0) is 55.3 Å². The van der Waals surface area contributed by atoms with Crippen LogP contribution in [0.2, 0.25) is 0 Å². The number of hydrogen-bond donors (Lipinski definition) is 1. The van der Waals surface area contributed by atoms with Crippen LogP contribution < -0.4 is 10.1 Å². The Morgan fingerprint density at radius 2 is 1.39 bits per heavy atom. The van der Waals surface area contributed by atoms with Crippen molar-refractivity contribution in [2.75, 3.05) is 6.61 Å². The summed E-state index contributed by atoms with van der Waals surface area (Å²) >= 11 is 0. The first kappa shape index (κ1) is 21.8. The van der Waals surface area contributed by atoms with Gasteiger partial charge in [-0.3, -0.25) is 9.59 Å². The maximum absolute atomic E-state index is 12.2. The number of nitrogens with one attached hydrogen (secondary N) is 1. The zero-order valence-electron chi connectivity index (χ0n) is 17.1. The van der Waals surface area contributed by atoms with E-state index in [1.807, 2.05) is 60.7 Å². The van der Waals surface area contributed by atoms with E-state index in [1.54, 1.807) is 24.3 Å². The molecule has 3 aromatic rings. The van der Waals surface area contributed by atoms with E-state index < -0.39 is 24.5 Å². The number of para-hydroxylation sites is 1. The Balaban J connectivity index is 1.49. The van der Waals surface area contributed by atoms with Crippen molar-refractivity contribution in [3.63, 3.8) is 0 Å². The van der Waals surface area contributed by atoms with Gasteiger partial charge in [0.05, 0.1) is 11.6 Å². The van der Waals surface area contributed by atoms with Crippen LogP contribution in [0.15, 0.2) is 84.9 Å². The van der Waals surface area contributed by atoms with Gasteiger partial charge in [-0.2, -0.15) is 0 Å². The van der Waals surface area contributed by atoms with Crippen molar-refractivity contribution in [2.45, 2.75) is 19.4 Å². The highest BCUT2D eigenvalue weighted by atomic mass is 16.5. The van der Waals surface area contributed by atoms with Crippen LogP contribution in [0.3, 0.4) is 0 Å². The third-order valence-corrected chi connectivity index (χ3v) is 4.51. The highest BCUT2D eigenvalue weighted by molar-refractivity contribution is 5.92. The molecular formula is C25H23NO5. The molecule has 0 aromatic heterocycles. The van der Waals surface area contributed by atoms with Gasteiger partial charge in [-0.15, -0.1) is 0 Å². The van der Waals surface area contributed by atoms with Crippen molar-refractivity contribution < 1.29 is 23.9 Å². The quantitative estimate of drug-likeness (QED) is 0.533. The maximum Gasteiger partial charge on any atom is 0.338 e. The predicted molar refractivity (Wildman–Crippen MR) is 116 cm³/mol. The van der Waals surface area contributed by atoms with Crippen molar-refractivity contribution in [1.82, 2.24) is 5.32 Å². The lowest BCUT2D eigenvalue weighted by atomic mass is 10.0. The fraction of sp³-hybridized carbons (Fsp3) is 0.160. The van der Waals surface area contributed by atoms with Gasteiger partial charge in [-0.25, -0.2) is 4.79 Å². The van der Waals surface area contributed by atoms with Gasteiger partial charge in [-0.1, -0.05) is 48.5 Å². The highest BCUT2D eigenvalue weighted by Gasteiger charge is 2.19. The second kappa shape index (κ2) is 10.7. The zero-order valence-corrected chi connectivity index (χ0v) is 17.1. The van der Waals surface area contributed by atoms with Gasteiger partial charge in [0, 0.05) is 0 Å². The zero-order chi connectivity index (χ0) is 22.1. The molecule has 31 heavy (non-hydrogen) atoms. The van der Waals surface area contributed by atoms with Gasteiger partial charge in [0.15, 0.2) is 12.4 Å². The van der Waals surface area contributed by atoms with Gasteiger partial charge < -0.3 is 14.8 Å². The minimum atomic E-state index is -0.678. The van der Waals surface area contributed by atoms with Crippen LogP contribution in [0.5, 0.6) is 11.5 Å². The van der Waals surface area contributed by atoms with Crippen LogP contribution in [-0.2, 0) is 20.7 Å². The van der Waals surface area contributed by atoms with E-state index in [1.165, 1.54) is 6.92 Å². The third kappa shape index (κ3) is 6.82. The minimum absolute atomic E-state index is 0.169. The summed E-state index contributed by atoms with van der Waals surface area (Å²) in [5.74, 6) is -0.0781. The lowest BCUT2D eigenvalue weighted by Gasteiger charge is -2.16. The molecule has 158 valence electrons. The number of amides is 1. The molecule has 0 fully saturated rings. The molecule has 0 aliphatic rings. The minimum Gasteiger partial charge on any atom is -0.457 e. The summed E-state index contributed by atoms with van der Waals surface area (Å²) in [6, 6.07) is 24.4. The van der Waals surface area contributed by atoms with Gasteiger partial charge >= 0.3 is 5.97 Å². The van der Waals surface area contributed by atoms with Gasteiger partial charge in [0.1, 0.15) is 11.5 Å². The monoisotopic (exact) mass is 417 g/mol. The molecule has 0 radical (unpaired) electrons. The molecule has 6 nitrogen and oxygen atoms in total. The first-order valence-corrected chi connectivity index (χ1v) is 9.85. The number of benzene rings is 3. The third-order valence-electron chi connectivity index (χ3n) is 4.51. The summed E-state index contributed by atoms with van der Waals surface area (Å²) in [5.41, 5.74) is 1.22. The molecule has 0 aliphatic carbocycles. The molecule has 3 rings (SSSR count). The maximum atomic E-state index is 12.2. The Morgan fingerprint density at radius 3 is 2.00 bits per heavy atom. The molecule has 0 unspecified atom stereocenters. The first-order chi connectivity index (χ1) is 15.0. The Hall–Kier alpha value is -3.93. The molecule has 0 bridgehead atoms. The standard InChI is InChI=1S/C25H23NO5/c1-18(27)23(16-19-8-4-2-5-9-19)26-24(28)17-30-25(29)20-12-14-22(15-13-20)31-21-10-6-3-7-11-21/h2-15,23H,16-17H2,1H3,(H,26,28)/t23-/m0/s1. The number of carbonyl (C=O) groups excluding carboxylic acids is 3. The molecule has 3 aromatic carbocycles. The Kier molecular flexibility index (Phi) is 7.54. The molecule has 1 atom stereocenters. The van der Waals surface area contributed by atoms with E-state index in [9.17, 15) is 14.4 Å². The van der Waals surface area contributed by atoms with Crippen LogP contribution in [-0.4, -0.2) is 30.3 Å². The van der Waals surface area contributed by atoms with E-state index >= 15 is 0 Å². The summed E-state index contributed by atoms with van der Waals surface area (Å²) in [6.07, 6.45) is 0.374. The largest absolute Gasteiger partial charge is 0.457 e. The summed E-state index contributed by atoms with van der Waals surface area (Å²) in [4.78, 5) is 36.3. The van der Waals surface area contributed by atoms with E-state index in [0.29, 0.717) is 23.5 Å². The lowest BCUT2D eigenvalue weighted by Crippen LogP contribution is -2.43. The molecular weight excluding hydrogens is 394 g/mol. The highest BCUT2D eigenvalue weighted by Crippen LogP contribution is 2.21. The number of ether oxygens (including phenoxy) is 2. The van der Waals surface area contributed by atoms with Crippen LogP contribution in [0.25, 0.3) is 0 Å². The van der Waals surface area contributed by atoms with Crippen molar-refractivity contribution >= 4 is 17.7 Å². The van der Waals surface area contributed by atoms with Crippen molar-refractivity contribution in [3.8, 4) is 11.5 Å². The molecule has 6 heteroatoms. The fourth-order valence-electron chi connectivity index (χ4n) is 2.88.